The summed E-state index contributed by atoms with van der Waals surface area (Å²) in [6.45, 7) is 5.82. The zero-order chi connectivity index (χ0) is 13.4. The van der Waals surface area contributed by atoms with Gasteiger partial charge in [0.1, 0.15) is 5.82 Å². The van der Waals surface area contributed by atoms with Crippen LogP contribution in [0.4, 0.5) is 5.82 Å². The fourth-order valence-corrected chi connectivity index (χ4v) is 1.54. The summed E-state index contributed by atoms with van der Waals surface area (Å²) in [7, 11) is 1.61. The lowest BCUT2D eigenvalue weighted by Crippen LogP contribution is -2.27. The Hall–Kier alpha value is -1.62. The minimum atomic E-state index is -0.0942. The number of amides is 1. The van der Waals surface area contributed by atoms with Crippen LogP contribution >= 0.6 is 0 Å². The molecule has 2 N–H and O–H groups in total. The molecular weight excluding hydrogens is 230 g/mol. The van der Waals surface area contributed by atoms with Crippen molar-refractivity contribution in [3.8, 4) is 0 Å². The van der Waals surface area contributed by atoms with Gasteiger partial charge in [-0.15, -0.1) is 0 Å². The van der Waals surface area contributed by atoms with E-state index in [1.165, 1.54) is 0 Å². The number of anilines is 1. The molecule has 1 rings (SSSR count). The number of pyridine rings is 1. The van der Waals surface area contributed by atoms with Gasteiger partial charge in [-0.1, -0.05) is 6.92 Å². The minimum Gasteiger partial charge on any atom is -0.383 e. The first-order valence-corrected chi connectivity index (χ1v) is 6.23. The Labute approximate surface area is 108 Å². The van der Waals surface area contributed by atoms with E-state index in [0.717, 1.165) is 24.5 Å². The average Bonchev–Trinajstić information content (AvgIpc) is 2.39. The quantitative estimate of drug-likeness (QED) is 0.720. The second-order valence-electron chi connectivity index (χ2n) is 3.86. The smallest absolute Gasteiger partial charge is 0.251 e. The van der Waals surface area contributed by atoms with Crippen LogP contribution in [0.2, 0.25) is 0 Å². The van der Waals surface area contributed by atoms with Gasteiger partial charge in [0.05, 0.1) is 6.61 Å². The molecule has 0 spiro atoms. The molecule has 1 heterocycles. The van der Waals surface area contributed by atoms with Gasteiger partial charge in [-0.3, -0.25) is 4.79 Å². The second kappa shape index (κ2) is 7.66. The monoisotopic (exact) mass is 251 g/mol. The zero-order valence-electron chi connectivity index (χ0n) is 11.2. The average molecular weight is 251 g/mol. The van der Waals surface area contributed by atoms with Crippen LogP contribution in [0, 0.1) is 0 Å². The SMILES string of the molecule is CCNc1cc(C(=O)NCCOC)cc(CC)n1. The predicted octanol–water partition coefficient (Wildman–Crippen LogP) is 1.45. The van der Waals surface area contributed by atoms with Crippen molar-refractivity contribution in [3.05, 3.63) is 23.4 Å². The highest BCUT2D eigenvalue weighted by Gasteiger charge is 2.08. The van der Waals surface area contributed by atoms with E-state index in [0.29, 0.717) is 18.7 Å². The number of ether oxygens (including phenoxy) is 1. The fourth-order valence-electron chi connectivity index (χ4n) is 1.54. The van der Waals surface area contributed by atoms with Gasteiger partial charge in [0.15, 0.2) is 0 Å². The topological polar surface area (TPSA) is 63.2 Å². The molecule has 0 bridgehead atoms. The Balaban J connectivity index is 2.79. The van der Waals surface area contributed by atoms with Crippen molar-refractivity contribution in [2.75, 3.05) is 32.1 Å². The van der Waals surface area contributed by atoms with Crippen LogP contribution in [0.15, 0.2) is 12.1 Å². The Morgan fingerprint density at radius 3 is 2.78 bits per heavy atom. The molecule has 18 heavy (non-hydrogen) atoms. The molecule has 0 aliphatic carbocycles. The fraction of sp³-hybridized carbons (Fsp3) is 0.538. The molecule has 0 aliphatic rings. The maximum absolute atomic E-state index is 11.9. The number of hydrogen-bond acceptors (Lipinski definition) is 4. The van der Waals surface area contributed by atoms with Gasteiger partial charge in [-0.25, -0.2) is 4.98 Å². The normalized spacial score (nSPS) is 10.2. The number of rotatable bonds is 7. The third kappa shape index (κ3) is 4.33. The molecule has 5 heteroatoms. The lowest BCUT2D eigenvalue weighted by Gasteiger charge is -2.09. The van der Waals surface area contributed by atoms with Crippen LogP contribution in [0.1, 0.15) is 29.9 Å². The number of nitrogens with zero attached hydrogens (tertiary/aromatic N) is 1. The number of nitrogens with one attached hydrogen (secondary N) is 2. The predicted molar refractivity (Wildman–Crippen MR) is 72.0 cm³/mol. The Morgan fingerprint density at radius 1 is 1.39 bits per heavy atom. The summed E-state index contributed by atoms with van der Waals surface area (Å²) in [4.78, 5) is 16.3. The number of methoxy groups -OCH3 is 1. The van der Waals surface area contributed by atoms with E-state index in [-0.39, 0.29) is 5.91 Å². The molecule has 0 fully saturated rings. The number of aryl methyl sites for hydroxylation is 1. The number of hydrogen-bond donors (Lipinski definition) is 2. The van der Waals surface area contributed by atoms with Gasteiger partial charge in [-0.2, -0.15) is 0 Å². The summed E-state index contributed by atoms with van der Waals surface area (Å²) >= 11 is 0. The standard InChI is InChI=1S/C13H21N3O2/c1-4-11-8-10(9-12(16-11)14-5-2)13(17)15-6-7-18-3/h8-9H,4-7H2,1-3H3,(H,14,16)(H,15,17). The number of carbonyl (C=O) groups excluding carboxylic acids is 1. The van der Waals surface area contributed by atoms with Gasteiger partial charge >= 0.3 is 0 Å². The zero-order valence-corrected chi connectivity index (χ0v) is 11.2. The molecule has 0 saturated heterocycles. The van der Waals surface area contributed by atoms with Gasteiger partial charge in [-0.05, 0) is 25.5 Å². The van der Waals surface area contributed by atoms with Crippen LogP contribution in [0.5, 0.6) is 0 Å². The van der Waals surface area contributed by atoms with E-state index in [1.807, 2.05) is 19.9 Å². The highest BCUT2D eigenvalue weighted by atomic mass is 16.5. The maximum Gasteiger partial charge on any atom is 0.251 e. The Bertz CT molecular complexity index is 394. The van der Waals surface area contributed by atoms with Crippen molar-refractivity contribution in [3.63, 3.8) is 0 Å². The van der Waals surface area contributed by atoms with Crippen molar-refractivity contribution in [1.29, 1.82) is 0 Å². The van der Waals surface area contributed by atoms with Gasteiger partial charge < -0.3 is 15.4 Å². The summed E-state index contributed by atoms with van der Waals surface area (Å²) in [5, 5.41) is 5.93. The van der Waals surface area contributed by atoms with E-state index >= 15 is 0 Å². The summed E-state index contributed by atoms with van der Waals surface area (Å²) in [5.74, 6) is 0.650. The van der Waals surface area contributed by atoms with Gasteiger partial charge in [0.2, 0.25) is 0 Å². The highest BCUT2D eigenvalue weighted by Crippen LogP contribution is 2.11. The maximum atomic E-state index is 11.9. The molecule has 1 amide bonds. The molecule has 1 aromatic heterocycles. The van der Waals surface area contributed by atoms with Crippen molar-refractivity contribution >= 4 is 11.7 Å². The molecule has 100 valence electrons. The Morgan fingerprint density at radius 2 is 2.17 bits per heavy atom. The van der Waals surface area contributed by atoms with Gasteiger partial charge in [0, 0.05) is 31.5 Å². The Kier molecular flexibility index (Phi) is 6.14. The first kappa shape index (κ1) is 14.4. The summed E-state index contributed by atoms with van der Waals surface area (Å²) < 4.78 is 4.90. The first-order chi connectivity index (χ1) is 8.71. The number of aromatic nitrogens is 1. The van der Waals surface area contributed by atoms with Crippen molar-refractivity contribution in [1.82, 2.24) is 10.3 Å². The molecule has 0 aromatic carbocycles. The minimum absolute atomic E-state index is 0.0942. The van der Waals surface area contributed by atoms with Crippen molar-refractivity contribution in [2.24, 2.45) is 0 Å². The van der Waals surface area contributed by atoms with E-state index in [1.54, 1.807) is 13.2 Å². The van der Waals surface area contributed by atoms with Crippen molar-refractivity contribution in [2.45, 2.75) is 20.3 Å². The van der Waals surface area contributed by atoms with Crippen LogP contribution in [0.3, 0.4) is 0 Å². The van der Waals surface area contributed by atoms with Crippen LogP contribution < -0.4 is 10.6 Å². The molecular formula is C13H21N3O2. The van der Waals surface area contributed by atoms with Gasteiger partial charge in [0.25, 0.3) is 5.91 Å². The first-order valence-electron chi connectivity index (χ1n) is 6.23. The summed E-state index contributed by atoms with van der Waals surface area (Å²) in [5.41, 5.74) is 1.54. The highest BCUT2D eigenvalue weighted by molar-refractivity contribution is 5.95. The van der Waals surface area contributed by atoms with E-state index < -0.39 is 0 Å². The molecule has 0 aliphatic heterocycles. The molecule has 0 radical (unpaired) electrons. The molecule has 5 nitrogen and oxygen atoms in total. The van der Waals surface area contributed by atoms with Crippen LogP contribution in [-0.4, -0.2) is 37.7 Å². The number of carbonyl (C=O) groups is 1. The molecule has 0 saturated carbocycles. The third-order valence-corrected chi connectivity index (χ3v) is 2.45. The lowest BCUT2D eigenvalue weighted by molar-refractivity contribution is 0.0937. The molecule has 0 atom stereocenters. The summed E-state index contributed by atoms with van der Waals surface area (Å²) in [6.07, 6.45) is 0.803. The van der Waals surface area contributed by atoms with Crippen LogP contribution in [0.25, 0.3) is 0 Å². The molecule has 0 unspecified atom stereocenters. The van der Waals surface area contributed by atoms with E-state index in [9.17, 15) is 4.79 Å². The van der Waals surface area contributed by atoms with Crippen LogP contribution in [-0.2, 0) is 11.2 Å². The second-order valence-corrected chi connectivity index (χ2v) is 3.86. The largest absolute Gasteiger partial charge is 0.383 e. The molecule has 1 aromatic rings. The van der Waals surface area contributed by atoms with E-state index in [2.05, 4.69) is 15.6 Å². The van der Waals surface area contributed by atoms with E-state index in [4.69, 9.17) is 4.74 Å². The third-order valence-electron chi connectivity index (χ3n) is 2.45. The summed E-state index contributed by atoms with van der Waals surface area (Å²) in [6, 6.07) is 3.59. The lowest BCUT2D eigenvalue weighted by atomic mass is 10.2. The van der Waals surface area contributed by atoms with Crippen molar-refractivity contribution < 1.29 is 9.53 Å².